The number of amides is 2. The van der Waals surface area contributed by atoms with Crippen molar-refractivity contribution in [2.75, 3.05) is 16.8 Å². The van der Waals surface area contributed by atoms with Gasteiger partial charge in [-0.1, -0.05) is 30.3 Å². The van der Waals surface area contributed by atoms with E-state index in [1.165, 1.54) is 23.5 Å². The molecule has 0 aliphatic carbocycles. The highest BCUT2D eigenvalue weighted by Crippen LogP contribution is 2.42. The summed E-state index contributed by atoms with van der Waals surface area (Å²) in [4.78, 5) is 42.2. The van der Waals surface area contributed by atoms with Crippen molar-refractivity contribution in [3.63, 3.8) is 0 Å². The monoisotopic (exact) mass is 605 g/mol. The van der Waals surface area contributed by atoms with Gasteiger partial charge in [-0.05, 0) is 73.4 Å². The summed E-state index contributed by atoms with van der Waals surface area (Å²) in [5.74, 6) is -1.60. The van der Waals surface area contributed by atoms with Gasteiger partial charge in [0.1, 0.15) is 23.0 Å². The minimum atomic E-state index is -0.488. The Hall–Kier alpha value is -5.22. The average molecular weight is 606 g/mol. The molecule has 1 aliphatic heterocycles. The van der Waals surface area contributed by atoms with Crippen molar-refractivity contribution in [3.8, 4) is 21.7 Å². The molecule has 0 unspecified atom stereocenters. The number of nitrogens with one attached hydrogen (secondary N) is 2. The molecule has 0 saturated heterocycles. The first-order chi connectivity index (χ1) is 21.3. The maximum atomic E-state index is 14.4. The molecule has 6 aromatic rings. The fraction of sp³-hybridized carbons (Fsp3) is 0.118. The summed E-state index contributed by atoms with van der Waals surface area (Å²) in [6.07, 6.45) is 3.36. The Morgan fingerprint density at radius 1 is 1.00 bits per heavy atom. The number of pyridine rings is 2. The predicted molar refractivity (Wildman–Crippen MR) is 168 cm³/mol. The number of benzene rings is 2. The average Bonchev–Trinajstić information content (AvgIpc) is 3.60. The number of fused-ring (bicyclic) bond motifs is 4. The van der Waals surface area contributed by atoms with Crippen LogP contribution in [0.5, 0.6) is 0 Å². The Bertz CT molecular complexity index is 2100. The van der Waals surface area contributed by atoms with Crippen molar-refractivity contribution >= 4 is 45.6 Å². The van der Waals surface area contributed by atoms with Gasteiger partial charge < -0.3 is 15.2 Å². The quantitative estimate of drug-likeness (QED) is 0.215. The van der Waals surface area contributed by atoms with Gasteiger partial charge in [0.2, 0.25) is 0 Å². The molecule has 44 heavy (non-hydrogen) atoms. The van der Waals surface area contributed by atoms with Crippen molar-refractivity contribution in [2.24, 2.45) is 0 Å². The molecule has 0 spiro atoms. The van der Waals surface area contributed by atoms with Gasteiger partial charge in [0, 0.05) is 34.1 Å². The van der Waals surface area contributed by atoms with Crippen molar-refractivity contribution in [1.82, 2.24) is 15.0 Å². The standard InChI is InChI=1S/C34H25F2N5O2S/c1-18-9-10-22-28(13-18)41(12-11-20-14-29(44-31(20)22)33(42)40-30-19(2)5-3-6-25(30)36)34(43)27-8-4-7-26(39-27)24-17-38-32-23(24)15-21(35)16-37-32/h3-10,13-17H,11-12H2,1-2H3,(H,37,38)(H,40,42). The van der Waals surface area contributed by atoms with Gasteiger partial charge in [-0.2, -0.15) is 0 Å². The molecular weight excluding hydrogens is 580 g/mol. The summed E-state index contributed by atoms with van der Waals surface area (Å²) < 4.78 is 28.4. The number of H-pyrrole nitrogens is 1. The normalized spacial score (nSPS) is 12.5. The van der Waals surface area contributed by atoms with Gasteiger partial charge in [-0.15, -0.1) is 11.3 Å². The summed E-state index contributed by atoms with van der Waals surface area (Å²) in [7, 11) is 0. The van der Waals surface area contributed by atoms with Gasteiger partial charge in [0.05, 0.1) is 28.1 Å². The number of aromatic amines is 1. The van der Waals surface area contributed by atoms with Crippen LogP contribution in [0, 0.1) is 25.5 Å². The fourth-order valence-electron chi connectivity index (χ4n) is 5.57. The molecule has 2 aromatic carbocycles. The lowest BCUT2D eigenvalue weighted by Gasteiger charge is -2.23. The first-order valence-corrected chi connectivity index (χ1v) is 14.8. The van der Waals surface area contributed by atoms with Crippen LogP contribution in [-0.2, 0) is 6.42 Å². The highest BCUT2D eigenvalue weighted by Gasteiger charge is 2.29. The van der Waals surface area contributed by atoms with Crippen LogP contribution in [-0.4, -0.2) is 33.3 Å². The predicted octanol–water partition coefficient (Wildman–Crippen LogP) is 7.70. The lowest BCUT2D eigenvalue weighted by atomic mass is 10.1. The number of aromatic nitrogens is 3. The van der Waals surface area contributed by atoms with E-state index in [4.69, 9.17) is 0 Å². The van der Waals surface area contributed by atoms with Crippen LogP contribution in [0.4, 0.5) is 20.2 Å². The Balaban J connectivity index is 1.23. The summed E-state index contributed by atoms with van der Waals surface area (Å²) in [5.41, 5.74) is 6.20. The molecular formula is C34H25F2N5O2S. The Morgan fingerprint density at radius 2 is 1.84 bits per heavy atom. The number of anilines is 2. The maximum absolute atomic E-state index is 14.4. The van der Waals surface area contributed by atoms with Crippen LogP contribution in [0.15, 0.2) is 79.1 Å². The molecule has 2 amide bonds. The van der Waals surface area contributed by atoms with Crippen LogP contribution in [0.3, 0.4) is 0 Å². The molecule has 0 fully saturated rings. The van der Waals surface area contributed by atoms with Gasteiger partial charge in [-0.3, -0.25) is 9.59 Å². The summed E-state index contributed by atoms with van der Waals surface area (Å²) >= 11 is 1.32. The van der Waals surface area contributed by atoms with Crippen molar-refractivity contribution in [1.29, 1.82) is 0 Å². The zero-order valence-electron chi connectivity index (χ0n) is 23.7. The molecule has 0 bridgehead atoms. The molecule has 0 radical (unpaired) electrons. The number of halogens is 2. The third kappa shape index (κ3) is 4.83. The van der Waals surface area contributed by atoms with E-state index >= 15 is 0 Å². The smallest absolute Gasteiger partial charge is 0.276 e. The van der Waals surface area contributed by atoms with E-state index in [1.54, 1.807) is 48.4 Å². The molecule has 7 nitrogen and oxygen atoms in total. The number of para-hydroxylation sites is 1. The zero-order chi connectivity index (χ0) is 30.5. The number of carbonyl (C=O) groups excluding carboxylic acids is 2. The number of hydrogen-bond donors (Lipinski definition) is 2. The minimum Gasteiger partial charge on any atom is -0.345 e. The SMILES string of the molecule is Cc1ccc2c(c1)N(C(=O)c1cccc(-c3c[nH]c4ncc(F)cc34)n1)CCc1cc(C(=O)Nc3c(C)cccc3F)sc1-2. The van der Waals surface area contributed by atoms with Crippen molar-refractivity contribution < 1.29 is 18.4 Å². The largest absolute Gasteiger partial charge is 0.345 e. The number of hydrogen-bond acceptors (Lipinski definition) is 5. The second-order valence-electron chi connectivity index (χ2n) is 10.7. The molecule has 7 rings (SSSR count). The highest BCUT2D eigenvalue weighted by atomic mass is 32.1. The molecule has 10 heteroatoms. The van der Waals surface area contributed by atoms with Gasteiger partial charge in [0.25, 0.3) is 11.8 Å². The molecule has 218 valence electrons. The van der Waals surface area contributed by atoms with E-state index in [0.717, 1.165) is 33.5 Å². The van der Waals surface area contributed by atoms with Crippen LogP contribution in [0.1, 0.15) is 36.9 Å². The maximum Gasteiger partial charge on any atom is 0.276 e. The van der Waals surface area contributed by atoms with Crippen LogP contribution < -0.4 is 10.2 Å². The molecule has 0 saturated carbocycles. The Kier molecular flexibility index (Phi) is 6.78. The van der Waals surface area contributed by atoms with E-state index in [2.05, 4.69) is 20.3 Å². The van der Waals surface area contributed by atoms with E-state index < -0.39 is 11.6 Å². The van der Waals surface area contributed by atoms with Gasteiger partial charge in [0.15, 0.2) is 0 Å². The van der Waals surface area contributed by atoms with Crippen LogP contribution >= 0.6 is 11.3 Å². The Labute approximate surface area is 255 Å². The van der Waals surface area contributed by atoms with Crippen molar-refractivity contribution in [3.05, 3.63) is 118 Å². The molecule has 1 aliphatic rings. The zero-order valence-corrected chi connectivity index (χ0v) is 24.6. The van der Waals surface area contributed by atoms with Gasteiger partial charge >= 0.3 is 0 Å². The number of rotatable bonds is 4. The summed E-state index contributed by atoms with van der Waals surface area (Å²) in [5, 5.41) is 3.30. The van der Waals surface area contributed by atoms with Crippen molar-refractivity contribution in [2.45, 2.75) is 20.3 Å². The number of aryl methyl sites for hydroxylation is 2. The lowest BCUT2D eigenvalue weighted by Crippen LogP contribution is -2.33. The molecule has 0 atom stereocenters. The molecule has 2 N–H and O–H groups in total. The van der Waals surface area contributed by atoms with Crippen LogP contribution in [0.2, 0.25) is 0 Å². The number of carbonyl (C=O) groups is 2. The van der Waals surface area contributed by atoms with Gasteiger partial charge in [-0.25, -0.2) is 18.7 Å². The highest BCUT2D eigenvalue weighted by molar-refractivity contribution is 7.17. The van der Waals surface area contributed by atoms with E-state index in [-0.39, 0.29) is 23.2 Å². The number of thiophene rings is 1. The molecule has 4 aromatic heterocycles. The third-order valence-electron chi connectivity index (χ3n) is 7.77. The molecule has 5 heterocycles. The first kappa shape index (κ1) is 27.6. The third-order valence-corrected chi connectivity index (χ3v) is 8.98. The Morgan fingerprint density at radius 3 is 2.68 bits per heavy atom. The number of nitrogens with zero attached hydrogens (tertiary/aromatic N) is 3. The van der Waals surface area contributed by atoms with E-state index in [1.807, 2.05) is 31.2 Å². The second-order valence-corrected chi connectivity index (χ2v) is 11.8. The van der Waals surface area contributed by atoms with E-state index in [9.17, 15) is 18.4 Å². The summed E-state index contributed by atoms with van der Waals surface area (Å²) in [6.45, 7) is 4.07. The topological polar surface area (TPSA) is 91.0 Å². The fourth-order valence-corrected chi connectivity index (χ4v) is 6.71. The lowest BCUT2D eigenvalue weighted by molar-refractivity contribution is 0.0981. The minimum absolute atomic E-state index is 0.164. The second kappa shape index (κ2) is 10.8. The van der Waals surface area contributed by atoms with Crippen LogP contribution in [0.25, 0.3) is 32.7 Å². The van der Waals surface area contributed by atoms with E-state index in [0.29, 0.717) is 45.7 Å². The first-order valence-electron chi connectivity index (χ1n) is 14.0. The summed E-state index contributed by atoms with van der Waals surface area (Å²) in [6, 6.07) is 19.0.